The van der Waals surface area contributed by atoms with E-state index >= 15 is 0 Å². The van der Waals surface area contributed by atoms with Crippen LogP contribution in [0.3, 0.4) is 0 Å². The molecule has 1 aromatic rings. The van der Waals surface area contributed by atoms with Crippen LogP contribution in [0.2, 0.25) is 0 Å². The van der Waals surface area contributed by atoms with E-state index in [9.17, 15) is 9.90 Å². The van der Waals surface area contributed by atoms with Crippen molar-refractivity contribution in [2.24, 2.45) is 0 Å². The summed E-state index contributed by atoms with van der Waals surface area (Å²) in [6.07, 6.45) is 3.57. The van der Waals surface area contributed by atoms with E-state index < -0.39 is 0 Å². The summed E-state index contributed by atoms with van der Waals surface area (Å²) in [6.45, 7) is 0.747. The van der Waals surface area contributed by atoms with E-state index in [4.69, 9.17) is 0 Å². The van der Waals surface area contributed by atoms with Crippen LogP contribution in [0, 0.1) is 0 Å². The van der Waals surface area contributed by atoms with Crippen molar-refractivity contribution in [1.82, 2.24) is 5.32 Å². The third kappa shape index (κ3) is 2.56. The zero-order valence-electron chi connectivity index (χ0n) is 12.0. The maximum atomic E-state index is 11.9. The Labute approximate surface area is 132 Å². The number of halogens is 1. The molecule has 1 amide bonds. The first-order valence-electron chi connectivity index (χ1n) is 7.34. The highest BCUT2D eigenvalue weighted by molar-refractivity contribution is 9.10. The standard InChI is InChI=1S/C15H20BrN3O2/c1-17-14-10-7-11(16)13(8-12(10)18-15(14)21)19(5-6-20)9-3-2-4-9/h7-9,14,17,20H,2-6H2,1H3,(H,18,21). The Bertz CT molecular complexity index is 560. The van der Waals surface area contributed by atoms with Crippen LogP contribution in [0.1, 0.15) is 30.9 Å². The van der Waals surface area contributed by atoms with Gasteiger partial charge in [-0.05, 0) is 54.4 Å². The van der Waals surface area contributed by atoms with Gasteiger partial charge in [0.2, 0.25) is 5.91 Å². The Kier molecular flexibility index (Phi) is 4.19. The van der Waals surface area contributed by atoms with Gasteiger partial charge >= 0.3 is 0 Å². The average Bonchev–Trinajstić information content (AvgIpc) is 2.70. The number of rotatable bonds is 5. The molecule has 21 heavy (non-hydrogen) atoms. The number of aliphatic hydroxyl groups excluding tert-OH is 1. The second-order valence-corrected chi connectivity index (χ2v) is 6.46. The Balaban J connectivity index is 1.96. The first-order chi connectivity index (χ1) is 10.2. The fourth-order valence-electron chi connectivity index (χ4n) is 3.08. The van der Waals surface area contributed by atoms with Gasteiger partial charge in [-0.1, -0.05) is 0 Å². The van der Waals surface area contributed by atoms with Gasteiger partial charge in [-0.15, -0.1) is 0 Å². The van der Waals surface area contributed by atoms with Gasteiger partial charge in [-0.25, -0.2) is 0 Å². The molecule has 114 valence electrons. The fraction of sp³-hybridized carbons (Fsp3) is 0.533. The minimum Gasteiger partial charge on any atom is -0.395 e. The molecule has 1 atom stereocenters. The number of benzene rings is 1. The third-order valence-electron chi connectivity index (χ3n) is 4.40. The zero-order valence-corrected chi connectivity index (χ0v) is 13.6. The summed E-state index contributed by atoms with van der Waals surface area (Å²) >= 11 is 3.63. The van der Waals surface area contributed by atoms with Crippen LogP contribution in [0.25, 0.3) is 0 Å². The van der Waals surface area contributed by atoms with Gasteiger partial charge in [0.25, 0.3) is 0 Å². The maximum absolute atomic E-state index is 11.9. The summed E-state index contributed by atoms with van der Waals surface area (Å²) in [5, 5.41) is 15.3. The van der Waals surface area contributed by atoms with Crippen LogP contribution in [0.15, 0.2) is 16.6 Å². The van der Waals surface area contributed by atoms with Crippen molar-refractivity contribution in [3.05, 3.63) is 22.2 Å². The highest BCUT2D eigenvalue weighted by Gasteiger charge is 2.32. The first kappa shape index (κ1) is 14.8. The highest BCUT2D eigenvalue weighted by atomic mass is 79.9. The van der Waals surface area contributed by atoms with Gasteiger partial charge < -0.3 is 20.6 Å². The van der Waals surface area contributed by atoms with Gasteiger partial charge in [0.05, 0.1) is 12.3 Å². The maximum Gasteiger partial charge on any atom is 0.246 e. The van der Waals surface area contributed by atoms with Crippen molar-refractivity contribution in [1.29, 1.82) is 0 Å². The molecule has 1 fully saturated rings. The van der Waals surface area contributed by atoms with Crippen LogP contribution >= 0.6 is 15.9 Å². The van der Waals surface area contributed by atoms with Crippen molar-refractivity contribution < 1.29 is 9.90 Å². The van der Waals surface area contributed by atoms with Crippen molar-refractivity contribution in [2.45, 2.75) is 31.3 Å². The Morgan fingerprint density at radius 2 is 2.24 bits per heavy atom. The molecule has 5 nitrogen and oxygen atoms in total. The van der Waals surface area contributed by atoms with Gasteiger partial charge in [-0.2, -0.15) is 0 Å². The summed E-state index contributed by atoms with van der Waals surface area (Å²) < 4.78 is 0.971. The molecule has 1 aliphatic carbocycles. The van der Waals surface area contributed by atoms with Crippen LogP contribution in [0.5, 0.6) is 0 Å². The first-order valence-corrected chi connectivity index (χ1v) is 8.14. The molecule has 1 aliphatic heterocycles. The molecule has 1 saturated carbocycles. The van der Waals surface area contributed by atoms with E-state index in [1.807, 2.05) is 12.1 Å². The van der Waals surface area contributed by atoms with Crippen LogP contribution in [0.4, 0.5) is 11.4 Å². The predicted octanol–water partition coefficient (Wildman–Crippen LogP) is 2.01. The lowest BCUT2D eigenvalue weighted by Crippen LogP contribution is -2.42. The number of nitrogens with one attached hydrogen (secondary N) is 2. The van der Waals surface area contributed by atoms with Crippen molar-refractivity contribution in [3.8, 4) is 0 Å². The van der Waals surface area contributed by atoms with E-state index in [1.165, 1.54) is 6.42 Å². The number of amides is 1. The minimum atomic E-state index is -0.291. The monoisotopic (exact) mass is 353 g/mol. The summed E-state index contributed by atoms with van der Waals surface area (Å²) in [4.78, 5) is 14.2. The lowest BCUT2D eigenvalue weighted by molar-refractivity contribution is -0.117. The van der Waals surface area contributed by atoms with Gasteiger partial charge in [0.1, 0.15) is 6.04 Å². The molecule has 2 aliphatic rings. The second-order valence-electron chi connectivity index (χ2n) is 5.60. The largest absolute Gasteiger partial charge is 0.395 e. The van der Waals surface area contributed by atoms with Crippen molar-refractivity contribution in [2.75, 3.05) is 30.4 Å². The van der Waals surface area contributed by atoms with E-state index in [2.05, 4.69) is 31.5 Å². The predicted molar refractivity (Wildman–Crippen MR) is 86.6 cm³/mol. The van der Waals surface area contributed by atoms with Crippen LogP contribution in [-0.4, -0.2) is 37.3 Å². The number of anilines is 2. The molecule has 0 spiro atoms. The van der Waals surface area contributed by atoms with Gasteiger partial charge in [0.15, 0.2) is 0 Å². The molecule has 1 heterocycles. The molecule has 1 unspecified atom stereocenters. The van der Waals surface area contributed by atoms with Gasteiger partial charge in [-0.3, -0.25) is 4.79 Å². The number of fused-ring (bicyclic) bond motifs is 1. The van der Waals surface area contributed by atoms with Gasteiger partial charge in [0, 0.05) is 28.3 Å². The van der Waals surface area contributed by atoms with Crippen LogP contribution < -0.4 is 15.5 Å². The highest BCUT2D eigenvalue weighted by Crippen LogP contribution is 2.41. The second kappa shape index (κ2) is 5.94. The SMILES string of the molecule is CNC1C(=O)Nc2cc(N(CCO)C3CCC3)c(Br)cc21. The molecule has 0 aromatic heterocycles. The number of hydrogen-bond acceptors (Lipinski definition) is 4. The quantitative estimate of drug-likeness (QED) is 0.757. The van der Waals surface area contributed by atoms with E-state index in [-0.39, 0.29) is 18.6 Å². The molecule has 3 rings (SSSR count). The molecular weight excluding hydrogens is 334 g/mol. The molecule has 0 radical (unpaired) electrons. The lowest BCUT2D eigenvalue weighted by atomic mass is 9.91. The smallest absolute Gasteiger partial charge is 0.246 e. The summed E-state index contributed by atoms with van der Waals surface area (Å²) in [6, 6.07) is 4.22. The zero-order chi connectivity index (χ0) is 15.0. The van der Waals surface area contributed by atoms with Crippen molar-refractivity contribution in [3.63, 3.8) is 0 Å². The molecule has 3 N–H and O–H groups in total. The molecule has 0 saturated heterocycles. The minimum absolute atomic E-state index is 0.0195. The molecule has 0 bridgehead atoms. The normalized spacial score (nSPS) is 20.9. The molecule has 1 aromatic carbocycles. The number of likely N-dealkylation sites (N-methyl/N-ethyl adjacent to an activating group) is 1. The van der Waals surface area contributed by atoms with E-state index in [1.54, 1.807) is 7.05 Å². The Morgan fingerprint density at radius 3 is 2.81 bits per heavy atom. The fourth-order valence-corrected chi connectivity index (χ4v) is 3.67. The van der Waals surface area contributed by atoms with Crippen LogP contribution in [-0.2, 0) is 4.79 Å². The van der Waals surface area contributed by atoms with Crippen molar-refractivity contribution >= 4 is 33.2 Å². The summed E-state index contributed by atoms with van der Waals surface area (Å²) in [5.41, 5.74) is 2.88. The summed E-state index contributed by atoms with van der Waals surface area (Å²) in [5.74, 6) is -0.0195. The number of aliphatic hydroxyl groups is 1. The summed E-state index contributed by atoms with van der Waals surface area (Å²) in [7, 11) is 1.79. The Hall–Kier alpha value is -1.11. The topological polar surface area (TPSA) is 64.6 Å². The van der Waals surface area contributed by atoms with E-state index in [0.29, 0.717) is 12.6 Å². The Morgan fingerprint density at radius 1 is 1.48 bits per heavy atom. The average molecular weight is 354 g/mol. The number of nitrogens with zero attached hydrogens (tertiary/aromatic N) is 1. The molecule has 6 heteroatoms. The number of carbonyl (C=O) groups is 1. The lowest BCUT2D eigenvalue weighted by Gasteiger charge is -2.39. The third-order valence-corrected chi connectivity index (χ3v) is 5.04. The molecular formula is C15H20BrN3O2. The number of carbonyl (C=O) groups excluding carboxylic acids is 1. The van der Waals surface area contributed by atoms with E-state index in [0.717, 1.165) is 34.3 Å². The number of hydrogen-bond donors (Lipinski definition) is 3.